The van der Waals surface area contributed by atoms with Crippen molar-refractivity contribution in [3.05, 3.63) is 52.3 Å². The number of nitrogens with zero attached hydrogens (tertiary/aromatic N) is 2. The molecule has 2 rings (SSSR count). The number of rotatable bonds is 6. The molecule has 2 aromatic rings. The number of hydrogen-bond acceptors (Lipinski definition) is 2. The van der Waals surface area contributed by atoms with E-state index in [1.165, 1.54) is 5.56 Å². The van der Waals surface area contributed by atoms with Crippen molar-refractivity contribution < 1.29 is 0 Å². The van der Waals surface area contributed by atoms with Crippen molar-refractivity contribution >= 4 is 11.6 Å². The van der Waals surface area contributed by atoms with Crippen LogP contribution < -0.4 is 5.32 Å². The molecular weight excluding hydrogens is 270 g/mol. The summed E-state index contributed by atoms with van der Waals surface area (Å²) in [5, 5.41) is 8.58. The Bertz CT molecular complexity index is 548. The fraction of sp³-hybridized carbons (Fsp3) is 0.438. The van der Waals surface area contributed by atoms with Gasteiger partial charge in [-0.3, -0.25) is 4.68 Å². The van der Waals surface area contributed by atoms with Crippen LogP contribution in [0.3, 0.4) is 0 Å². The maximum absolute atomic E-state index is 6.23. The Balaban J connectivity index is 1.82. The second-order valence-corrected chi connectivity index (χ2v) is 5.64. The topological polar surface area (TPSA) is 29.9 Å². The van der Waals surface area contributed by atoms with Crippen molar-refractivity contribution in [3.8, 4) is 0 Å². The van der Waals surface area contributed by atoms with E-state index in [4.69, 9.17) is 11.6 Å². The third kappa shape index (κ3) is 3.84. The highest BCUT2D eigenvalue weighted by molar-refractivity contribution is 6.30. The van der Waals surface area contributed by atoms with Gasteiger partial charge >= 0.3 is 0 Å². The first-order chi connectivity index (χ1) is 9.58. The van der Waals surface area contributed by atoms with Gasteiger partial charge in [-0.2, -0.15) is 5.10 Å². The van der Waals surface area contributed by atoms with E-state index in [0.29, 0.717) is 6.04 Å². The number of nitrogens with one attached hydrogen (secondary N) is 1. The minimum Gasteiger partial charge on any atom is -0.310 e. The highest BCUT2D eigenvalue weighted by Crippen LogP contribution is 2.18. The minimum absolute atomic E-state index is 0.450. The van der Waals surface area contributed by atoms with Gasteiger partial charge in [0, 0.05) is 25.2 Å². The third-order valence-electron chi connectivity index (χ3n) is 3.61. The summed E-state index contributed by atoms with van der Waals surface area (Å²) in [4.78, 5) is 0. The van der Waals surface area contributed by atoms with Gasteiger partial charge in [0.2, 0.25) is 0 Å². The first-order valence-electron chi connectivity index (χ1n) is 7.03. The molecule has 0 aliphatic rings. The summed E-state index contributed by atoms with van der Waals surface area (Å²) < 4.78 is 1.72. The van der Waals surface area contributed by atoms with Gasteiger partial charge in [-0.05, 0) is 32.3 Å². The molecule has 0 saturated heterocycles. The average molecular weight is 292 g/mol. The van der Waals surface area contributed by atoms with Gasteiger partial charge in [-0.1, -0.05) is 41.9 Å². The predicted molar refractivity (Wildman–Crippen MR) is 84.0 cm³/mol. The molecule has 108 valence electrons. The molecule has 1 heterocycles. The lowest BCUT2D eigenvalue weighted by atomic mass is 10.1. The summed E-state index contributed by atoms with van der Waals surface area (Å²) in [6.07, 6.45) is 2.20. The number of aryl methyl sites for hydroxylation is 3. The van der Waals surface area contributed by atoms with E-state index in [2.05, 4.69) is 47.7 Å². The van der Waals surface area contributed by atoms with Gasteiger partial charge in [0.05, 0.1) is 5.69 Å². The Morgan fingerprint density at radius 3 is 2.60 bits per heavy atom. The summed E-state index contributed by atoms with van der Waals surface area (Å²) in [6.45, 7) is 4.98. The second-order valence-electron chi connectivity index (χ2n) is 5.28. The zero-order chi connectivity index (χ0) is 14.5. The molecule has 1 aromatic heterocycles. The molecule has 20 heavy (non-hydrogen) atoms. The smallest absolute Gasteiger partial charge is 0.131 e. The Hall–Kier alpha value is -1.32. The number of aromatic nitrogens is 2. The molecule has 3 nitrogen and oxygen atoms in total. The highest BCUT2D eigenvalue weighted by atomic mass is 35.5. The first kappa shape index (κ1) is 15.1. The van der Waals surface area contributed by atoms with Crippen molar-refractivity contribution in [2.45, 2.75) is 39.3 Å². The van der Waals surface area contributed by atoms with E-state index in [9.17, 15) is 0 Å². The molecule has 0 bridgehead atoms. The molecule has 4 heteroatoms. The molecule has 1 unspecified atom stereocenters. The molecular formula is C16H22ClN3. The van der Waals surface area contributed by atoms with Crippen LogP contribution in [0.1, 0.15) is 30.2 Å². The van der Waals surface area contributed by atoms with E-state index in [1.54, 1.807) is 4.68 Å². The summed E-state index contributed by atoms with van der Waals surface area (Å²) >= 11 is 6.23. The van der Waals surface area contributed by atoms with Gasteiger partial charge in [0.25, 0.3) is 0 Å². The van der Waals surface area contributed by atoms with Gasteiger partial charge in [-0.25, -0.2) is 0 Å². The van der Waals surface area contributed by atoms with Crippen LogP contribution in [-0.2, 0) is 20.0 Å². The molecule has 1 N–H and O–H groups in total. The van der Waals surface area contributed by atoms with Gasteiger partial charge in [0.1, 0.15) is 5.15 Å². The Morgan fingerprint density at radius 2 is 2.00 bits per heavy atom. The molecule has 1 atom stereocenters. The molecule has 0 aliphatic heterocycles. The summed E-state index contributed by atoms with van der Waals surface area (Å²) in [7, 11) is 1.87. The van der Waals surface area contributed by atoms with Crippen molar-refractivity contribution in [1.29, 1.82) is 0 Å². The minimum atomic E-state index is 0.450. The molecule has 0 radical (unpaired) electrons. The van der Waals surface area contributed by atoms with Gasteiger partial charge in [-0.15, -0.1) is 0 Å². The Kier molecular flexibility index (Phi) is 5.21. The molecule has 1 aromatic carbocycles. The SMILES string of the molecule is Cc1nn(C)c(Cl)c1CNC(C)CCc1ccccc1. The lowest BCUT2D eigenvalue weighted by Crippen LogP contribution is -2.26. The number of benzene rings is 1. The van der Waals surface area contributed by atoms with Crippen molar-refractivity contribution in [3.63, 3.8) is 0 Å². The predicted octanol–water partition coefficient (Wildman–Crippen LogP) is 3.49. The van der Waals surface area contributed by atoms with Gasteiger partial charge < -0.3 is 5.32 Å². The monoisotopic (exact) mass is 291 g/mol. The van der Waals surface area contributed by atoms with Crippen molar-refractivity contribution in [2.75, 3.05) is 0 Å². The zero-order valence-corrected chi connectivity index (χ0v) is 13.1. The molecule has 0 saturated carbocycles. The van der Waals surface area contributed by atoms with Crippen LogP contribution in [0.4, 0.5) is 0 Å². The maximum atomic E-state index is 6.23. The summed E-state index contributed by atoms with van der Waals surface area (Å²) in [5.74, 6) is 0. The zero-order valence-electron chi connectivity index (χ0n) is 12.4. The standard InChI is InChI=1S/C16H22ClN3/c1-12(9-10-14-7-5-4-6-8-14)18-11-15-13(2)19-20(3)16(15)17/h4-8,12,18H,9-11H2,1-3H3. The summed E-state index contributed by atoms with van der Waals surface area (Å²) in [5.41, 5.74) is 3.48. The van der Waals surface area contributed by atoms with E-state index >= 15 is 0 Å². The fourth-order valence-electron chi connectivity index (χ4n) is 2.28. The highest BCUT2D eigenvalue weighted by Gasteiger charge is 2.11. The van der Waals surface area contributed by atoms with Crippen LogP contribution in [0, 0.1) is 6.92 Å². The quantitative estimate of drug-likeness (QED) is 0.883. The summed E-state index contributed by atoms with van der Waals surface area (Å²) in [6, 6.07) is 11.0. The fourth-order valence-corrected chi connectivity index (χ4v) is 2.52. The van der Waals surface area contributed by atoms with E-state index in [1.807, 2.05) is 14.0 Å². The third-order valence-corrected chi connectivity index (χ3v) is 4.08. The number of hydrogen-bond donors (Lipinski definition) is 1. The largest absolute Gasteiger partial charge is 0.310 e. The molecule has 0 amide bonds. The van der Waals surface area contributed by atoms with E-state index in [0.717, 1.165) is 35.8 Å². The van der Waals surface area contributed by atoms with Crippen molar-refractivity contribution in [1.82, 2.24) is 15.1 Å². The maximum Gasteiger partial charge on any atom is 0.131 e. The van der Waals surface area contributed by atoms with E-state index < -0.39 is 0 Å². The van der Waals surface area contributed by atoms with Crippen LogP contribution in [0.2, 0.25) is 5.15 Å². The second kappa shape index (κ2) is 6.91. The van der Waals surface area contributed by atoms with Gasteiger partial charge in [0.15, 0.2) is 0 Å². The first-order valence-corrected chi connectivity index (χ1v) is 7.41. The van der Waals surface area contributed by atoms with Crippen LogP contribution in [-0.4, -0.2) is 15.8 Å². The lowest BCUT2D eigenvalue weighted by molar-refractivity contribution is 0.513. The van der Waals surface area contributed by atoms with E-state index in [-0.39, 0.29) is 0 Å². The lowest BCUT2D eigenvalue weighted by Gasteiger charge is -2.13. The Morgan fingerprint density at radius 1 is 1.30 bits per heavy atom. The molecule has 0 aliphatic carbocycles. The molecule has 0 fully saturated rings. The molecule has 0 spiro atoms. The average Bonchev–Trinajstić information content (AvgIpc) is 2.69. The van der Waals surface area contributed by atoms with Crippen LogP contribution >= 0.6 is 11.6 Å². The normalized spacial score (nSPS) is 12.6. The Labute approximate surface area is 126 Å². The van der Waals surface area contributed by atoms with Crippen molar-refractivity contribution in [2.24, 2.45) is 7.05 Å². The number of halogens is 1. The van der Waals surface area contributed by atoms with Crippen LogP contribution in [0.25, 0.3) is 0 Å². The van der Waals surface area contributed by atoms with Crippen LogP contribution in [0.15, 0.2) is 30.3 Å². The van der Waals surface area contributed by atoms with Crippen LogP contribution in [0.5, 0.6) is 0 Å².